The lowest BCUT2D eigenvalue weighted by molar-refractivity contribution is -0.137. The molecule has 0 radical (unpaired) electrons. The van der Waals surface area contributed by atoms with Gasteiger partial charge in [-0.1, -0.05) is 44.5 Å². The number of aromatic hydroxyl groups is 1. The number of benzene rings is 2. The van der Waals surface area contributed by atoms with E-state index in [9.17, 15) is 23.1 Å². The molecule has 0 unspecified atom stereocenters. The number of urea groups is 1. The number of nitrogens with one attached hydrogen (secondary N) is 2. The van der Waals surface area contributed by atoms with Crippen LogP contribution in [-0.2, 0) is 11.6 Å². The lowest BCUT2D eigenvalue weighted by Crippen LogP contribution is -2.47. The van der Waals surface area contributed by atoms with E-state index in [2.05, 4.69) is 41.3 Å². The fourth-order valence-electron chi connectivity index (χ4n) is 5.76. The Balaban J connectivity index is 1.42. The Labute approximate surface area is 240 Å². The number of alkyl halides is 3. The van der Waals surface area contributed by atoms with E-state index in [1.807, 2.05) is 17.0 Å². The minimum Gasteiger partial charge on any atom is -0.506 e. The Morgan fingerprint density at radius 2 is 1.82 bits per heavy atom. The lowest BCUT2D eigenvalue weighted by atomic mass is 9.74. The molecule has 1 aromatic heterocycles. The van der Waals surface area contributed by atoms with Crippen LogP contribution in [0.15, 0.2) is 41.8 Å². The van der Waals surface area contributed by atoms with E-state index in [-0.39, 0.29) is 22.4 Å². The first-order valence-electron chi connectivity index (χ1n) is 13.0. The Morgan fingerprint density at radius 3 is 2.48 bits per heavy atom. The van der Waals surface area contributed by atoms with Crippen LogP contribution in [0.1, 0.15) is 44.2 Å². The minimum atomic E-state index is -4.58. The highest BCUT2D eigenvalue weighted by Crippen LogP contribution is 2.56. The van der Waals surface area contributed by atoms with Crippen molar-refractivity contribution >= 4 is 51.8 Å². The van der Waals surface area contributed by atoms with Crippen LogP contribution in [0.5, 0.6) is 5.75 Å². The van der Waals surface area contributed by atoms with Gasteiger partial charge in [0, 0.05) is 34.5 Å². The Bertz CT molecular complexity index is 1410. The summed E-state index contributed by atoms with van der Waals surface area (Å²) < 4.78 is 38.8. The summed E-state index contributed by atoms with van der Waals surface area (Å²) in [5.74, 6) is -0.0981. The Kier molecular flexibility index (Phi) is 7.43. The number of carbonyl (C=O) groups excluding carboxylic acids is 1. The monoisotopic (exact) mass is 593 g/mol. The molecule has 7 nitrogen and oxygen atoms in total. The zero-order valence-corrected chi connectivity index (χ0v) is 24.0. The zero-order valence-electron chi connectivity index (χ0n) is 22.4. The topological polar surface area (TPSA) is 80.7 Å². The summed E-state index contributed by atoms with van der Waals surface area (Å²) in [5, 5.41) is 16.8. The molecule has 3 heterocycles. The van der Waals surface area contributed by atoms with Gasteiger partial charge in [-0.15, -0.1) is 11.3 Å². The van der Waals surface area contributed by atoms with Crippen LogP contribution in [0, 0.1) is 5.41 Å². The van der Waals surface area contributed by atoms with Crippen molar-refractivity contribution in [3.8, 4) is 5.75 Å². The van der Waals surface area contributed by atoms with Crippen LogP contribution >= 0.6 is 22.9 Å². The van der Waals surface area contributed by atoms with Crippen LogP contribution in [0.2, 0.25) is 5.02 Å². The van der Waals surface area contributed by atoms with Crippen molar-refractivity contribution in [3.05, 3.63) is 57.4 Å². The molecule has 3 N–H and O–H groups in total. The molecule has 0 aliphatic carbocycles. The number of para-hydroxylation sites is 2. The second-order valence-electron chi connectivity index (χ2n) is 11.6. The van der Waals surface area contributed by atoms with Crippen molar-refractivity contribution in [3.63, 3.8) is 0 Å². The third-order valence-electron chi connectivity index (χ3n) is 7.31. The van der Waals surface area contributed by atoms with Crippen LogP contribution in [0.25, 0.3) is 0 Å². The summed E-state index contributed by atoms with van der Waals surface area (Å²) in [6.07, 6.45) is -2.87. The summed E-state index contributed by atoms with van der Waals surface area (Å²) in [4.78, 5) is 20.7. The molecule has 12 heteroatoms. The van der Waals surface area contributed by atoms with Crippen molar-refractivity contribution in [1.29, 1.82) is 0 Å². The third kappa shape index (κ3) is 5.73. The van der Waals surface area contributed by atoms with Crippen LogP contribution < -0.4 is 15.5 Å². The number of halogens is 4. The first kappa shape index (κ1) is 28.5. The molecule has 2 aromatic carbocycles. The minimum absolute atomic E-state index is 0.0924. The van der Waals surface area contributed by atoms with Gasteiger partial charge in [0.1, 0.15) is 11.6 Å². The van der Waals surface area contributed by atoms with Crippen LogP contribution in [0.4, 0.5) is 40.8 Å². The maximum Gasteiger partial charge on any atom is 0.443 e. The van der Waals surface area contributed by atoms with Gasteiger partial charge in [0.15, 0.2) is 5.01 Å². The molecule has 1 saturated heterocycles. The number of hydrogen-bond donors (Lipinski definition) is 3. The molecule has 1 spiro atoms. The number of hydrogen-bond acceptors (Lipinski definition) is 6. The smallest absolute Gasteiger partial charge is 0.443 e. The molecule has 5 rings (SSSR count). The molecule has 0 bridgehead atoms. The van der Waals surface area contributed by atoms with Crippen molar-refractivity contribution in [2.24, 2.45) is 5.41 Å². The number of aromatic nitrogens is 1. The van der Waals surface area contributed by atoms with Gasteiger partial charge in [-0.2, -0.15) is 13.2 Å². The number of likely N-dealkylation sites (tertiary alicyclic amines) is 1. The number of phenolic OH excluding ortho intramolecular Hbond substituents is 1. The number of phenols is 1. The van der Waals surface area contributed by atoms with E-state index in [1.54, 1.807) is 24.3 Å². The Hall–Kier alpha value is -3.02. The van der Waals surface area contributed by atoms with Gasteiger partial charge in [0.2, 0.25) is 0 Å². The van der Waals surface area contributed by atoms with E-state index in [0.29, 0.717) is 40.0 Å². The highest BCUT2D eigenvalue weighted by atomic mass is 35.5. The number of nitrogens with zero attached hydrogens (tertiary/aromatic N) is 3. The number of amides is 2. The van der Waals surface area contributed by atoms with Gasteiger partial charge >= 0.3 is 12.2 Å². The first-order valence-corrected chi connectivity index (χ1v) is 14.2. The van der Waals surface area contributed by atoms with E-state index < -0.39 is 17.2 Å². The molecule has 1 fully saturated rings. The molecular weight excluding hydrogens is 563 g/mol. The van der Waals surface area contributed by atoms with Gasteiger partial charge in [-0.05, 0) is 55.6 Å². The standard InChI is InChI=1S/C28H31ClF3N5O2S/c1-26(2,3)15-36-12-10-27(11-13-36)16-37(23-20(38)9-8-17(29)22(23)27)19-7-5-4-6-18(19)33-25(39)35-21-14-40-24(34-21)28(30,31)32/h4-9,14,38H,10-13,15-16H2,1-3H3,(H2,33,35,39). The Morgan fingerprint density at radius 1 is 1.12 bits per heavy atom. The van der Waals surface area contributed by atoms with Gasteiger partial charge in [0.05, 0.1) is 17.1 Å². The number of carbonyl (C=O) groups is 1. The molecule has 2 amide bonds. The molecular formula is C28H31ClF3N5O2S. The summed E-state index contributed by atoms with van der Waals surface area (Å²) in [6.45, 7) is 10.0. The predicted octanol–water partition coefficient (Wildman–Crippen LogP) is 7.70. The molecule has 0 atom stereocenters. The summed E-state index contributed by atoms with van der Waals surface area (Å²) in [6, 6.07) is 9.68. The van der Waals surface area contributed by atoms with Gasteiger partial charge < -0.3 is 20.2 Å². The summed E-state index contributed by atoms with van der Waals surface area (Å²) >= 11 is 7.20. The van der Waals surface area contributed by atoms with Crippen LogP contribution in [-0.4, -0.2) is 47.2 Å². The predicted molar refractivity (Wildman–Crippen MR) is 153 cm³/mol. The van der Waals surface area contributed by atoms with E-state index >= 15 is 0 Å². The average Bonchev–Trinajstić information content (AvgIpc) is 3.46. The highest BCUT2D eigenvalue weighted by Gasteiger charge is 2.48. The molecule has 2 aliphatic heterocycles. The SMILES string of the molecule is CC(C)(C)CN1CCC2(CC1)CN(c1ccccc1NC(=O)Nc1csc(C(F)(F)F)n1)c1c(O)ccc(Cl)c12. The van der Waals surface area contributed by atoms with E-state index in [1.165, 1.54) is 0 Å². The van der Waals surface area contributed by atoms with Crippen molar-refractivity contribution < 1.29 is 23.1 Å². The average molecular weight is 594 g/mol. The van der Waals surface area contributed by atoms with Crippen molar-refractivity contribution in [2.45, 2.75) is 45.2 Å². The number of rotatable bonds is 4. The van der Waals surface area contributed by atoms with Crippen molar-refractivity contribution in [1.82, 2.24) is 9.88 Å². The molecule has 3 aromatic rings. The van der Waals surface area contributed by atoms with E-state index in [0.717, 1.165) is 43.4 Å². The van der Waals surface area contributed by atoms with Gasteiger partial charge in [-0.25, -0.2) is 9.78 Å². The molecule has 0 saturated carbocycles. The van der Waals surface area contributed by atoms with Crippen molar-refractivity contribution in [2.75, 3.05) is 41.7 Å². The molecule has 2 aliphatic rings. The number of fused-ring (bicyclic) bond motifs is 2. The number of thiazole rings is 1. The normalized spacial score (nSPS) is 17.2. The number of anilines is 4. The van der Waals surface area contributed by atoms with Crippen LogP contribution in [0.3, 0.4) is 0 Å². The zero-order chi connectivity index (χ0) is 28.9. The lowest BCUT2D eigenvalue weighted by Gasteiger charge is -2.42. The summed E-state index contributed by atoms with van der Waals surface area (Å²) in [5.41, 5.74) is 2.48. The fraction of sp³-hybridized carbons (Fsp3) is 0.429. The van der Waals surface area contributed by atoms with E-state index in [4.69, 9.17) is 11.6 Å². The quantitative estimate of drug-likeness (QED) is 0.289. The molecule has 40 heavy (non-hydrogen) atoms. The summed E-state index contributed by atoms with van der Waals surface area (Å²) in [7, 11) is 0. The second-order valence-corrected chi connectivity index (χ2v) is 12.9. The first-order chi connectivity index (χ1) is 18.8. The second kappa shape index (κ2) is 10.4. The third-order valence-corrected chi connectivity index (χ3v) is 8.51. The maximum absolute atomic E-state index is 12.9. The highest BCUT2D eigenvalue weighted by molar-refractivity contribution is 7.10. The molecule has 214 valence electrons. The number of piperidine rings is 1. The van der Waals surface area contributed by atoms with Gasteiger partial charge in [0.25, 0.3) is 0 Å². The fourth-order valence-corrected chi connectivity index (χ4v) is 6.74. The maximum atomic E-state index is 12.9. The van der Waals surface area contributed by atoms with Gasteiger partial charge in [-0.3, -0.25) is 5.32 Å². The largest absolute Gasteiger partial charge is 0.506 e.